The van der Waals surface area contributed by atoms with Crippen molar-refractivity contribution >= 4 is 11.6 Å². The van der Waals surface area contributed by atoms with E-state index in [0.717, 1.165) is 35.5 Å². The average molecular weight is 328 g/mol. The van der Waals surface area contributed by atoms with Gasteiger partial charge in [-0.1, -0.05) is 5.16 Å². The van der Waals surface area contributed by atoms with E-state index in [-0.39, 0.29) is 11.8 Å². The Hall–Kier alpha value is -2.30. The number of carbonyl (C=O) groups excluding carboxylic acids is 1. The van der Waals surface area contributed by atoms with E-state index in [1.54, 1.807) is 0 Å². The number of benzene rings is 1. The fraction of sp³-hybridized carbons (Fsp3) is 0.474. The molecule has 0 spiro atoms. The first-order valence-corrected chi connectivity index (χ1v) is 8.55. The molecule has 1 aromatic carbocycles. The summed E-state index contributed by atoms with van der Waals surface area (Å²) in [7, 11) is 0. The summed E-state index contributed by atoms with van der Waals surface area (Å²) in [6, 6.07) is 7.58. The van der Waals surface area contributed by atoms with E-state index in [1.807, 2.05) is 45.0 Å². The monoisotopic (exact) mass is 328 g/mol. The maximum absolute atomic E-state index is 12.5. The predicted molar refractivity (Wildman–Crippen MR) is 92.3 cm³/mol. The van der Waals surface area contributed by atoms with E-state index in [4.69, 9.17) is 9.26 Å². The lowest BCUT2D eigenvalue weighted by Gasteiger charge is -2.15. The lowest BCUT2D eigenvalue weighted by molar-refractivity contribution is -0.117. The number of nitrogens with one attached hydrogen (secondary N) is 1. The van der Waals surface area contributed by atoms with Gasteiger partial charge < -0.3 is 14.6 Å². The van der Waals surface area contributed by atoms with Crippen molar-refractivity contribution in [2.45, 2.75) is 58.5 Å². The third kappa shape index (κ3) is 3.61. The Morgan fingerprint density at radius 3 is 2.50 bits per heavy atom. The molecule has 1 aliphatic carbocycles. The zero-order valence-corrected chi connectivity index (χ0v) is 14.5. The summed E-state index contributed by atoms with van der Waals surface area (Å²) in [5.41, 5.74) is 2.38. The highest BCUT2D eigenvalue weighted by Crippen LogP contribution is 2.27. The van der Waals surface area contributed by atoms with Gasteiger partial charge >= 0.3 is 0 Å². The van der Waals surface area contributed by atoms with Gasteiger partial charge in [0.2, 0.25) is 5.91 Å². The lowest BCUT2D eigenvalue weighted by Crippen LogP contribution is -2.19. The molecule has 1 saturated carbocycles. The highest BCUT2D eigenvalue weighted by Gasteiger charge is 2.23. The van der Waals surface area contributed by atoms with Gasteiger partial charge in [-0.2, -0.15) is 0 Å². The third-order valence-electron chi connectivity index (χ3n) is 4.64. The van der Waals surface area contributed by atoms with Crippen molar-refractivity contribution in [3.8, 4) is 5.75 Å². The Balaban J connectivity index is 1.61. The minimum atomic E-state index is -0.314. The van der Waals surface area contributed by atoms with Crippen LogP contribution in [0.15, 0.2) is 28.8 Å². The SMILES string of the molecule is Cc1noc(C)c1[C@H](C)C(=O)Nc1ccc(OC2CCCC2)cc1. The summed E-state index contributed by atoms with van der Waals surface area (Å²) in [5.74, 6) is 1.16. The number of carbonyl (C=O) groups is 1. The molecular formula is C19H24N2O3. The van der Waals surface area contributed by atoms with Crippen LogP contribution >= 0.6 is 0 Å². The normalized spacial score (nSPS) is 16.1. The van der Waals surface area contributed by atoms with Crippen molar-refractivity contribution in [3.05, 3.63) is 41.3 Å². The Morgan fingerprint density at radius 2 is 1.92 bits per heavy atom. The molecule has 0 unspecified atom stereocenters. The van der Waals surface area contributed by atoms with Gasteiger partial charge in [0.1, 0.15) is 11.5 Å². The van der Waals surface area contributed by atoms with Crippen LogP contribution in [0.25, 0.3) is 0 Å². The van der Waals surface area contributed by atoms with Crippen LogP contribution in [0, 0.1) is 13.8 Å². The van der Waals surface area contributed by atoms with Crippen LogP contribution in [0.2, 0.25) is 0 Å². The summed E-state index contributed by atoms with van der Waals surface area (Å²) < 4.78 is 11.1. The standard InChI is InChI=1S/C19H24N2O3/c1-12(18-13(2)21-24-14(18)3)19(22)20-15-8-10-17(11-9-15)23-16-6-4-5-7-16/h8-12,16H,4-7H2,1-3H3,(H,20,22)/t12-/m0/s1. The van der Waals surface area contributed by atoms with Crippen LogP contribution in [0.5, 0.6) is 5.75 Å². The Labute approximate surface area is 142 Å². The van der Waals surface area contributed by atoms with E-state index >= 15 is 0 Å². The number of anilines is 1. The lowest BCUT2D eigenvalue weighted by atomic mass is 9.98. The average Bonchev–Trinajstić information content (AvgIpc) is 3.18. The molecule has 3 rings (SSSR count). The van der Waals surface area contributed by atoms with Crippen LogP contribution in [0.4, 0.5) is 5.69 Å². The number of ether oxygens (including phenoxy) is 1. The molecular weight excluding hydrogens is 304 g/mol. The maximum atomic E-state index is 12.5. The first-order valence-electron chi connectivity index (χ1n) is 8.55. The molecule has 1 amide bonds. The number of hydrogen-bond acceptors (Lipinski definition) is 4. The van der Waals surface area contributed by atoms with Gasteiger partial charge in [-0.05, 0) is 70.7 Å². The molecule has 1 aliphatic rings. The van der Waals surface area contributed by atoms with E-state index in [9.17, 15) is 4.79 Å². The van der Waals surface area contributed by atoms with Crippen molar-refractivity contribution in [2.24, 2.45) is 0 Å². The third-order valence-corrected chi connectivity index (χ3v) is 4.64. The quantitative estimate of drug-likeness (QED) is 0.886. The van der Waals surface area contributed by atoms with Gasteiger partial charge in [0, 0.05) is 11.3 Å². The number of aryl methyl sites for hydroxylation is 2. The van der Waals surface area contributed by atoms with E-state index < -0.39 is 0 Å². The summed E-state index contributed by atoms with van der Waals surface area (Å²) in [6.45, 7) is 5.54. The second kappa shape index (κ2) is 7.07. The zero-order chi connectivity index (χ0) is 17.1. The summed E-state index contributed by atoms with van der Waals surface area (Å²) in [5, 5.41) is 6.86. The molecule has 0 bridgehead atoms. The second-order valence-electron chi connectivity index (χ2n) is 6.50. The van der Waals surface area contributed by atoms with Gasteiger partial charge in [-0.3, -0.25) is 4.79 Å². The molecule has 1 fully saturated rings. The minimum Gasteiger partial charge on any atom is -0.490 e. The summed E-state index contributed by atoms with van der Waals surface area (Å²) >= 11 is 0. The molecule has 1 heterocycles. The molecule has 1 atom stereocenters. The van der Waals surface area contributed by atoms with Crippen molar-refractivity contribution in [1.29, 1.82) is 0 Å². The molecule has 5 nitrogen and oxygen atoms in total. The smallest absolute Gasteiger partial charge is 0.231 e. The molecule has 1 N–H and O–H groups in total. The molecule has 0 radical (unpaired) electrons. The van der Waals surface area contributed by atoms with Crippen molar-refractivity contribution in [1.82, 2.24) is 5.16 Å². The number of nitrogens with zero attached hydrogens (tertiary/aromatic N) is 1. The summed E-state index contributed by atoms with van der Waals surface area (Å²) in [6.07, 6.45) is 5.10. The van der Waals surface area contributed by atoms with E-state index in [2.05, 4.69) is 10.5 Å². The van der Waals surface area contributed by atoms with E-state index in [1.165, 1.54) is 12.8 Å². The van der Waals surface area contributed by atoms with Crippen molar-refractivity contribution < 1.29 is 14.1 Å². The van der Waals surface area contributed by atoms with Crippen molar-refractivity contribution in [3.63, 3.8) is 0 Å². The van der Waals surface area contributed by atoms with Crippen molar-refractivity contribution in [2.75, 3.05) is 5.32 Å². The molecule has 0 saturated heterocycles. The first kappa shape index (κ1) is 16.6. The number of aromatic nitrogens is 1. The fourth-order valence-corrected chi connectivity index (χ4v) is 3.31. The van der Waals surface area contributed by atoms with Gasteiger partial charge in [0.05, 0.1) is 17.7 Å². The number of rotatable bonds is 5. The molecule has 2 aromatic rings. The van der Waals surface area contributed by atoms with Crippen LogP contribution in [0.3, 0.4) is 0 Å². The minimum absolute atomic E-state index is 0.0751. The fourth-order valence-electron chi connectivity index (χ4n) is 3.31. The molecule has 1 aromatic heterocycles. The van der Waals surface area contributed by atoms with Gasteiger partial charge in [0.25, 0.3) is 0 Å². The maximum Gasteiger partial charge on any atom is 0.231 e. The molecule has 5 heteroatoms. The highest BCUT2D eigenvalue weighted by molar-refractivity contribution is 5.95. The van der Waals surface area contributed by atoms with Gasteiger partial charge in [-0.25, -0.2) is 0 Å². The molecule has 128 valence electrons. The van der Waals surface area contributed by atoms with Crippen LogP contribution in [-0.4, -0.2) is 17.2 Å². The highest BCUT2D eigenvalue weighted by atomic mass is 16.5. The number of amides is 1. The van der Waals surface area contributed by atoms with Crippen LogP contribution in [0.1, 0.15) is 55.5 Å². The Bertz CT molecular complexity index is 680. The predicted octanol–water partition coefficient (Wildman–Crippen LogP) is 4.36. The second-order valence-corrected chi connectivity index (χ2v) is 6.50. The largest absolute Gasteiger partial charge is 0.490 e. The van der Waals surface area contributed by atoms with Gasteiger partial charge in [0.15, 0.2) is 0 Å². The molecule has 24 heavy (non-hydrogen) atoms. The summed E-state index contributed by atoms with van der Waals surface area (Å²) in [4.78, 5) is 12.5. The number of hydrogen-bond donors (Lipinski definition) is 1. The Kier molecular flexibility index (Phi) is 4.88. The molecule has 0 aliphatic heterocycles. The van der Waals surface area contributed by atoms with Gasteiger partial charge in [-0.15, -0.1) is 0 Å². The first-order chi connectivity index (χ1) is 11.5. The van der Waals surface area contributed by atoms with E-state index in [0.29, 0.717) is 11.9 Å². The van der Waals surface area contributed by atoms with Crippen LogP contribution in [-0.2, 0) is 4.79 Å². The topological polar surface area (TPSA) is 64.4 Å². The Morgan fingerprint density at radius 1 is 1.25 bits per heavy atom. The zero-order valence-electron chi connectivity index (χ0n) is 14.5. The van der Waals surface area contributed by atoms with Crippen LogP contribution < -0.4 is 10.1 Å².